The Balaban J connectivity index is 1.69. The summed E-state index contributed by atoms with van der Waals surface area (Å²) in [4.78, 5) is 22.7. The third-order valence-electron chi connectivity index (χ3n) is 4.05. The number of amides is 1. The molecule has 1 aliphatic carbocycles. The first kappa shape index (κ1) is 15.5. The molecule has 0 spiro atoms. The highest BCUT2D eigenvalue weighted by Crippen LogP contribution is 2.36. The van der Waals surface area contributed by atoms with Crippen molar-refractivity contribution in [3.05, 3.63) is 27.8 Å². The van der Waals surface area contributed by atoms with Gasteiger partial charge in [-0.15, -0.1) is 0 Å². The molecule has 1 unspecified atom stereocenters. The number of benzene rings is 1. The molecule has 1 amide bonds. The lowest BCUT2D eigenvalue weighted by Gasteiger charge is -2.19. The second kappa shape index (κ2) is 6.41. The molecular weight excluding hydrogens is 302 g/mol. The molecule has 1 atom stereocenters. The highest BCUT2D eigenvalue weighted by atomic mass is 16.6. The summed E-state index contributed by atoms with van der Waals surface area (Å²) in [5.41, 5.74) is 6.09. The van der Waals surface area contributed by atoms with E-state index in [0.29, 0.717) is 42.7 Å². The van der Waals surface area contributed by atoms with Gasteiger partial charge in [-0.25, -0.2) is 0 Å². The van der Waals surface area contributed by atoms with Crippen LogP contribution in [0.1, 0.15) is 18.4 Å². The number of carbonyl (C=O) groups is 1. The van der Waals surface area contributed by atoms with E-state index in [4.69, 9.17) is 15.2 Å². The summed E-state index contributed by atoms with van der Waals surface area (Å²) in [6.45, 7) is 1.12. The predicted molar refractivity (Wildman–Crippen MR) is 81.5 cm³/mol. The Morgan fingerprint density at radius 1 is 1.35 bits per heavy atom. The van der Waals surface area contributed by atoms with Gasteiger partial charge in [0.15, 0.2) is 11.5 Å². The number of ether oxygens (including phenoxy) is 2. The molecule has 1 fully saturated rings. The van der Waals surface area contributed by atoms with Crippen molar-refractivity contribution in [2.24, 2.45) is 11.7 Å². The van der Waals surface area contributed by atoms with Crippen molar-refractivity contribution in [2.45, 2.75) is 25.3 Å². The van der Waals surface area contributed by atoms with Gasteiger partial charge in [0.05, 0.1) is 17.4 Å². The summed E-state index contributed by atoms with van der Waals surface area (Å²) in [6, 6.07) is 2.77. The third-order valence-corrected chi connectivity index (χ3v) is 4.05. The maximum absolute atomic E-state index is 12.0. The van der Waals surface area contributed by atoms with Crippen LogP contribution in [0.5, 0.6) is 11.5 Å². The number of nitro groups is 1. The van der Waals surface area contributed by atoms with Gasteiger partial charge in [-0.05, 0) is 24.8 Å². The molecule has 8 heteroatoms. The van der Waals surface area contributed by atoms with Gasteiger partial charge >= 0.3 is 0 Å². The molecule has 0 saturated heterocycles. The average molecular weight is 321 g/mol. The monoisotopic (exact) mass is 321 g/mol. The Hall–Kier alpha value is -2.35. The van der Waals surface area contributed by atoms with E-state index in [-0.39, 0.29) is 24.1 Å². The first-order valence-corrected chi connectivity index (χ1v) is 7.64. The normalized spacial score (nSPS) is 17.4. The summed E-state index contributed by atoms with van der Waals surface area (Å²) in [6.07, 6.45) is 2.11. The zero-order chi connectivity index (χ0) is 16.4. The van der Waals surface area contributed by atoms with E-state index in [2.05, 4.69) is 5.32 Å². The standard InChI is InChI=1S/C15H19N3O5/c16-11(9-1-2-9)8-17-15(19)6-10-5-13-14(23-4-3-22-13)7-12(10)18(20)21/h5,7,9,11H,1-4,6,8,16H2,(H,17,19). The van der Waals surface area contributed by atoms with Crippen LogP contribution in [0.4, 0.5) is 5.69 Å². The molecule has 1 aromatic carbocycles. The molecule has 3 rings (SSSR count). The molecule has 1 aliphatic heterocycles. The van der Waals surface area contributed by atoms with E-state index in [9.17, 15) is 14.9 Å². The highest BCUT2D eigenvalue weighted by Gasteiger charge is 2.29. The molecular formula is C15H19N3O5. The smallest absolute Gasteiger partial charge is 0.277 e. The average Bonchev–Trinajstić information content (AvgIpc) is 3.36. The van der Waals surface area contributed by atoms with Crippen LogP contribution in [-0.2, 0) is 11.2 Å². The number of nitro benzene ring substituents is 1. The maximum atomic E-state index is 12.0. The first-order valence-electron chi connectivity index (χ1n) is 7.64. The maximum Gasteiger partial charge on any atom is 0.277 e. The van der Waals surface area contributed by atoms with Crippen molar-refractivity contribution in [1.29, 1.82) is 0 Å². The lowest BCUT2D eigenvalue weighted by atomic mass is 10.1. The SMILES string of the molecule is NC(CNC(=O)Cc1cc2c(cc1[N+](=O)[O-])OCCO2)C1CC1. The van der Waals surface area contributed by atoms with Crippen molar-refractivity contribution in [3.8, 4) is 11.5 Å². The van der Waals surface area contributed by atoms with Crippen molar-refractivity contribution in [3.63, 3.8) is 0 Å². The fourth-order valence-corrected chi connectivity index (χ4v) is 2.59. The number of hydrogen-bond donors (Lipinski definition) is 2. The van der Waals surface area contributed by atoms with Crippen molar-refractivity contribution in [1.82, 2.24) is 5.32 Å². The van der Waals surface area contributed by atoms with Gasteiger partial charge in [-0.3, -0.25) is 14.9 Å². The molecule has 8 nitrogen and oxygen atoms in total. The number of nitrogens with one attached hydrogen (secondary N) is 1. The van der Waals surface area contributed by atoms with Gasteiger partial charge < -0.3 is 20.5 Å². The third kappa shape index (κ3) is 3.70. The predicted octanol–water partition coefficient (Wildman–Crippen LogP) is 0.762. The quantitative estimate of drug-likeness (QED) is 0.590. The van der Waals surface area contributed by atoms with Crippen LogP contribution in [-0.4, -0.2) is 36.6 Å². The van der Waals surface area contributed by atoms with Crippen molar-refractivity contribution in [2.75, 3.05) is 19.8 Å². The van der Waals surface area contributed by atoms with Gasteiger partial charge in [0.25, 0.3) is 5.69 Å². The molecule has 1 aromatic rings. The minimum Gasteiger partial charge on any atom is -0.486 e. The minimum absolute atomic E-state index is 0.0470. The van der Waals surface area contributed by atoms with Crippen LogP contribution in [0.25, 0.3) is 0 Å². The summed E-state index contributed by atoms with van der Waals surface area (Å²) in [7, 11) is 0. The summed E-state index contributed by atoms with van der Waals surface area (Å²) >= 11 is 0. The van der Waals surface area contributed by atoms with Crippen LogP contribution in [0, 0.1) is 16.0 Å². The highest BCUT2D eigenvalue weighted by molar-refractivity contribution is 5.80. The Morgan fingerprint density at radius 2 is 2.00 bits per heavy atom. The second-order valence-electron chi connectivity index (χ2n) is 5.86. The van der Waals surface area contributed by atoms with E-state index < -0.39 is 4.92 Å². The fourth-order valence-electron chi connectivity index (χ4n) is 2.59. The van der Waals surface area contributed by atoms with Gasteiger partial charge in [-0.2, -0.15) is 0 Å². The zero-order valence-corrected chi connectivity index (χ0v) is 12.6. The molecule has 0 aromatic heterocycles. The van der Waals surface area contributed by atoms with Crippen LogP contribution in [0.3, 0.4) is 0 Å². The molecule has 1 saturated carbocycles. The van der Waals surface area contributed by atoms with E-state index >= 15 is 0 Å². The Labute approximate surface area is 133 Å². The number of rotatable bonds is 6. The number of hydrogen-bond acceptors (Lipinski definition) is 6. The Bertz CT molecular complexity index is 630. The number of fused-ring (bicyclic) bond motifs is 1. The van der Waals surface area contributed by atoms with Crippen LogP contribution in [0.2, 0.25) is 0 Å². The second-order valence-corrected chi connectivity index (χ2v) is 5.86. The van der Waals surface area contributed by atoms with Crippen molar-refractivity contribution >= 4 is 11.6 Å². The number of carbonyl (C=O) groups excluding carboxylic acids is 1. The molecule has 23 heavy (non-hydrogen) atoms. The van der Waals surface area contributed by atoms with E-state index in [0.717, 1.165) is 12.8 Å². The summed E-state index contributed by atoms with van der Waals surface area (Å²) in [5.74, 6) is 0.960. The topological polar surface area (TPSA) is 117 Å². The Morgan fingerprint density at radius 3 is 2.61 bits per heavy atom. The van der Waals surface area contributed by atoms with Gasteiger partial charge in [0, 0.05) is 18.2 Å². The lowest BCUT2D eigenvalue weighted by molar-refractivity contribution is -0.385. The zero-order valence-electron chi connectivity index (χ0n) is 12.6. The van der Waals surface area contributed by atoms with Gasteiger partial charge in [-0.1, -0.05) is 0 Å². The van der Waals surface area contributed by atoms with Crippen LogP contribution >= 0.6 is 0 Å². The van der Waals surface area contributed by atoms with E-state index in [1.807, 2.05) is 0 Å². The van der Waals surface area contributed by atoms with Crippen molar-refractivity contribution < 1.29 is 19.2 Å². The molecule has 0 radical (unpaired) electrons. The molecule has 3 N–H and O–H groups in total. The summed E-state index contributed by atoms with van der Waals surface area (Å²) < 4.78 is 10.8. The van der Waals surface area contributed by atoms with Crippen LogP contribution < -0.4 is 20.5 Å². The largest absolute Gasteiger partial charge is 0.486 e. The molecule has 124 valence electrons. The minimum atomic E-state index is -0.517. The molecule has 0 bridgehead atoms. The first-order chi connectivity index (χ1) is 11.0. The Kier molecular flexibility index (Phi) is 4.33. The molecule has 1 heterocycles. The summed E-state index contributed by atoms with van der Waals surface area (Å²) in [5, 5.41) is 14.0. The van der Waals surface area contributed by atoms with Crippen LogP contribution in [0.15, 0.2) is 12.1 Å². The van der Waals surface area contributed by atoms with E-state index in [1.165, 1.54) is 12.1 Å². The molecule has 2 aliphatic rings. The fraction of sp³-hybridized carbons (Fsp3) is 0.533. The van der Waals surface area contributed by atoms with Gasteiger partial charge in [0.2, 0.25) is 5.91 Å². The van der Waals surface area contributed by atoms with Gasteiger partial charge in [0.1, 0.15) is 13.2 Å². The van der Waals surface area contributed by atoms with E-state index in [1.54, 1.807) is 0 Å². The lowest BCUT2D eigenvalue weighted by Crippen LogP contribution is -2.39. The number of nitrogens with zero attached hydrogens (tertiary/aromatic N) is 1. The number of nitrogens with two attached hydrogens (primary N) is 1.